The third kappa shape index (κ3) is 1.68. The molecule has 0 radical (unpaired) electrons. The molecule has 0 amide bonds. The van der Waals surface area contributed by atoms with Crippen LogP contribution in [-0.4, -0.2) is 24.8 Å². The summed E-state index contributed by atoms with van der Waals surface area (Å²) >= 11 is 0. The molecule has 1 saturated heterocycles. The van der Waals surface area contributed by atoms with Crippen LogP contribution in [0.4, 0.5) is 0 Å². The number of sulfonamides is 1. The fourth-order valence-corrected chi connectivity index (χ4v) is 3.67. The maximum absolute atomic E-state index is 12.2. The van der Waals surface area contributed by atoms with E-state index in [9.17, 15) is 8.42 Å². The minimum Gasteiger partial charge on any atom is -0.207 e. The number of nitrogens with zero attached hydrogens (tertiary/aromatic N) is 1. The highest BCUT2D eigenvalue weighted by molar-refractivity contribution is 7.89. The van der Waals surface area contributed by atoms with E-state index in [1.54, 1.807) is 18.2 Å². The first-order valence-electron chi connectivity index (χ1n) is 5.21. The molecule has 3 nitrogen and oxygen atoms in total. The number of benzene rings is 1. The van der Waals surface area contributed by atoms with Crippen LogP contribution in [0.2, 0.25) is 0 Å². The second-order valence-corrected chi connectivity index (χ2v) is 5.96. The first-order chi connectivity index (χ1) is 7.48. The highest BCUT2D eigenvalue weighted by atomic mass is 32.2. The molecular weight excluding hydrogens is 222 g/mol. The van der Waals surface area contributed by atoms with Crippen LogP contribution < -0.4 is 0 Å². The molecular formula is C12H15NO2S. The van der Waals surface area contributed by atoms with Crippen molar-refractivity contribution < 1.29 is 8.42 Å². The third-order valence-electron chi connectivity index (χ3n) is 2.94. The average Bonchev–Trinajstić information content (AvgIpc) is 2.90. The lowest BCUT2D eigenvalue weighted by Crippen LogP contribution is -2.15. The third-order valence-corrected chi connectivity index (χ3v) is 4.94. The zero-order valence-corrected chi connectivity index (χ0v) is 10.2. The summed E-state index contributed by atoms with van der Waals surface area (Å²) in [7, 11) is -3.33. The lowest BCUT2D eigenvalue weighted by molar-refractivity contribution is 0.552. The minimum atomic E-state index is -3.33. The summed E-state index contributed by atoms with van der Waals surface area (Å²) in [6.07, 6.45) is 1.68. The van der Waals surface area contributed by atoms with Crippen molar-refractivity contribution in [3.8, 4) is 0 Å². The monoisotopic (exact) mass is 237 g/mol. The Kier molecular flexibility index (Phi) is 2.64. The SMILES string of the molecule is C=C[C@@H]1[C@@H](C)N1S(=O)(=O)c1ccc(C)cc1. The molecule has 4 heteroatoms. The van der Waals surface area contributed by atoms with Gasteiger partial charge in [0.15, 0.2) is 0 Å². The molecule has 1 aliphatic heterocycles. The summed E-state index contributed by atoms with van der Waals surface area (Å²) in [5.41, 5.74) is 1.05. The predicted octanol–water partition coefficient (Wildman–Crippen LogP) is 1.94. The number of aryl methyl sites for hydroxylation is 1. The first kappa shape index (κ1) is 11.4. The molecule has 1 heterocycles. The molecule has 1 aromatic rings. The Hall–Kier alpha value is -1.13. The zero-order chi connectivity index (χ0) is 11.9. The van der Waals surface area contributed by atoms with Gasteiger partial charge in [0.1, 0.15) is 0 Å². The molecule has 1 fully saturated rings. The van der Waals surface area contributed by atoms with Gasteiger partial charge in [-0.1, -0.05) is 23.8 Å². The summed E-state index contributed by atoms with van der Waals surface area (Å²) in [5, 5.41) is 0. The molecule has 0 bridgehead atoms. The van der Waals surface area contributed by atoms with Gasteiger partial charge in [-0.25, -0.2) is 8.42 Å². The highest BCUT2D eigenvalue weighted by Gasteiger charge is 2.50. The molecule has 1 unspecified atom stereocenters. The van der Waals surface area contributed by atoms with Crippen molar-refractivity contribution in [2.24, 2.45) is 0 Å². The molecule has 0 N–H and O–H groups in total. The van der Waals surface area contributed by atoms with Crippen molar-refractivity contribution in [2.75, 3.05) is 0 Å². The lowest BCUT2D eigenvalue weighted by Gasteiger charge is -2.05. The van der Waals surface area contributed by atoms with Gasteiger partial charge in [0.25, 0.3) is 0 Å². The molecule has 86 valence electrons. The van der Waals surface area contributed by atoms with Gasteiger partial charge in [0, 0.05) is 6.04 Å². The van der Waals surface area contributed by atoms with Gasteiger partial charge >= 0.3 is 0 Å². The van der Waals surface area contributed by atoms with E-state index in [0.717, 1.165) is 5.56 Å². The van der Waals surface area contributed by atoms with Crippen LogP contribution in [0.25, 0.3) is 0 Å². The van der Waals surface area contributed by atoms with Gasteiger partial charge in [-0.05, 0) is 26.0 Å². The van der Waals surface area contributed by atoms with Gasteiger partial charge in [-0.2, -0.15) is 4.31 Å². The van der Waals surface area contributed by atoms with Crippen molar-refractivity contribution in [1.29, 1.82) is 0 Å². The van der Waals surface area contributed by atoms with E-state index in [0.29, 0.717) is 4.90 Å². The first-order valence-corrected chi connectivity index (χ1v) is 6.65. The maximum atomic E-state index is 12.2. The fourth-order valence-electron chi connectivity index (χ4n) is 1.86. The molecule has 0 spiro atoms. The normalized spacial score (nSPS) is 28.8. The average molecular weight is 237 g/mol. The Morgan fingerprint density at radius 3 is 2.31 bits per heavy atom. The van der Waals surface area contributed by atoms with Crippen molar-refractivity contribution in [3.63, 3.8) is 0 Å². The van der Waals surface area contributed by atoms with Crippen molar-refractivity contribution in [1.82, 2.24) is 4.31 Å². The van der Waals surface area contributed by atoms with Crippen LogP contribution >= 0.6 is 0 Å². The van der Waals surface area contributed by atoms with Gasteiger partial charge in [-0.3, -0.25) is 0 Å². The van der Waals surface area contributed by atoms with E-state index in [4.69, 9.17) is 0 Å². The van der Waals surface area contributed by atoms with Gasteiger partial charge in [-0.15, -0.1) is 6.58 Å². The second-order valence-electron chi connectivity index (χ2n) is 4.11. The van der Waals surface area contributed by atoms with E-state index in [2.05, 4.69) is 6.58 Å². The number of hydrogen-bond donors (Lipinski definition) is 0. The maximum Gasteiger partial charge on any atom is 0.243 e. The van der Waals surface area contributed by atoms with Crippen LogP contribution in [0, 0.1) is 6.92 Å². The van der Waals surface area contributed by atoms with E-state index < -0.39 is 10.0 Å². The summed E-state index contributed by atoms with van der Waals surface area (Å²) < 4.78 is 25.8. The fraction of sp³-hybridized carbons (Fsp3) is 0.333. The zero-order valence-electron chi connectivity index (χ0n) is 9.42. The lowest BCUT2D eigenvalue weighted by atomic mass is 10.2. The van der Waals surface area contributed by atoms with E-state index in [1.807, 2.05) is 26.0 Å². The Bertz CT molecular complexity index is 504. The molecule has 0 aromatic heterocycles. The largest absolute Gasteiger partial charge is 0.243 e. The van der Waals surface area contributed by atoms with Crippen molar-refractivity contribution >= 4 is 10.0 Å². The molecule has 1 aliphatic rings. The Balaban J connectivity index is 2.34. The predicted molar refractivity (Wildman–Crippen MR) is 63.7 cm³/mol. The Morgan fingerprint density at radius 2 is 1.88 bits per heavy atom. The number of rotatable bonds is 3. The Labute approximate surface area is 96.4 Å². The van der Waals surface area contributed by atoms with Gasteiger partial charge < -0.3 is 0 Å². The van der Waals surface area contributed by atoms with E-state index in [-0.39, 0.29) is 12.1 Å². The van der Waals surface area contributed by atoms with E-state index >= 15 is 0 Å². The van der Waals surface area contributed by atoms with Crippen LogP contribution in [0.15, 0.2) is 41.8 Å². The molecule has 0 aliphatic carbocycles. The number of hydrogen-bond acceptors (Lipinski definition) is 2. The van der Waals surface area contributed by atoms with Crippen molar-refractivity contribution in [2.45, 2.75) is 30.8 Å². The Morgan fingerprint density at radius 1 is 1.31 bits per heavy atom. The summed E-state index contributed by atoms with van der Waals surface area (Å²) in [4.78, 5) is 0.356. The quantitative estimate of drug-likeness (QED) is 0.595. The second kappa shape index (κ2) is 3.71. The van der Waals surface area contributed by atoms with Crippen LogP contribution in [-0.2, 0) is 10.0 Å². The molecule has 16 heavy (non-hydrogen) atoms. The van der Waals surface area contributed by atoms with Crippen LogP contribution in [0.1, 0.15) is 12.5 Å². The summed E-state index contributed by atoms with van der Waals surface area (Å²) in [6.45, 7) is 7.46. The van der Waals surface area contributed by atoms with Crippen molar-refractivity contribution in [3.05, 3.63) is 42.5 Å². The molecule has 2 rings (SSSR count). The van der Waals surface area contributed by atoms with E-state index in [1.165, 1.54) is 4.31 Å². The van der Waals surface area contributed by atoms with Crippen LogP contribution in [0.5, 0.6) is 0 Å². The topological polar surface area (TPSA) is 37.1 Å². The standard InChI is InChI=1S/C12H15NO2S/c1-4-12-10(3)13(12)16(14,15)11-7-5-9(2)6-8-11/h4-8,10,12H,1H2,2-3H3/t10-,12-,13?/m1/s1. The smallest absolute Gasteiger partial charge is 0.207 e. The summed E-state index contributed by atoms with van der Waals surface area (Å²) in [6, 6.07) is 6.90. The highest BCUT2D eigenvalue weighted by Crippen LogP contribution is 2.35. The molecule has 0 saturated carbocycles. The minimum absolute atomic E-state index is 0.0313. The van der Waals surface area contributed by atoms with Gasteiger partial charge in [0.05, 0.1) is 10.9 Å². The molecule has 3 atom stereocenters. The van der Waals surface area contributed by atoms with Crippen LogP contribution in [0.3, 0.4) is 0 Å². The van der Waals surface area contributed by atoms with Gasteiger partial charge in [0.2, 0.25) is 10.0 Å². The molecule has 1 aromatic carbocycles. The summed E-state index contributed by atoms with van der Waals surface area (Å²) in [5.74, 6) is 0.